The van der Waals surface area contributed by atoms with Crippen molar-refractivity contribution < 1.29 is 14.3 Å². The summed E-state index contributed by atoms with van der Waals surface area (Å²) < 4.78 is 11.3. The monoisotopic (exact) mass is 524 g/mol. The van der Waals surface area contributed by atoms with E-state index < -0.39 is 0 Å². The second-order valence-electron chi connectivity index (χ2n) is 6.88. The number of aliphatic imine (C=N–C) groups is 1. The highest BCUT2D eigenvalue weighted by atomic mass is 127. The summed E-state index contributed by atoms with van der Waals surface area (Å²) in [7, 11) is 3.41. The summed E-state index contributed by atoms with van der Waals surface area (Å²) >= 11 is 0. The number of nitrogens with zero attached hydrogens (tertiary/aromatic N) is 1. The number of fused-ring (bicyclic) bond motifs is 1. The van der Waals surface area contributed by atoms with Crippen LogP contribution in [-0.4, -0.2) is 39.2 Å². The molecule has 2 aromatic carbocycles. The Hall–Kier alpha value is -2.49. The van der Waals surface area contributed by atoms with Gasteiger partial charge in [-0.25, -0.2) is 0 Å². The number of anilines is 1. The second kappa shape index (κ2) is 11.6. The molecule has 1 aliphatic rings. The van der Waals surface area contributed by atoms with Gasteiger partial charge in [-0.05, 0) is 48.7 Å². The van der Waals surface area contributed by atoms with E-state index >= 15 is 0 Å². The number of amides is 1. The van der Waals surface area contributed by atoms with Crippen LogP contribution in [-0.2, 0) is 17.8 Å². The summed E-state index contributed by atoms with van der Waals surface area (Å²) in [6, 6.07) is 11.9. The third-order valence-corrected chi connectivity index (χ3v) is 4.75. The van der Waals surface area contributed by atoms with Crippen LogP contribution in [0, 0.1) is 6.92 Å². The molecule has 0 unspecified atom stereocenters. The molecule has 0 spiro atoms. The van der Waals surface area contributed by atoms with Gasteiger partial charge in [-0.15, -0.1) is 24.0 Å². The van der Waals surface area contributed by atoms with E-state index in [4.69, 9.17) is 9.47 Å². The Morgan fingerprint density at radius 1 is 1.17 bits per heavy atom. The predicted octanol–water partition coefficient (Wildman–Crippen LogP) is 3.25. The van der Waals surface area contributed by atoms with Crippen LogP contribution >= 0.6 is 24.0 Å². The first-order valence-electron chi connectivity index (χ1n) is 9.72. The first-order chi connectivity index (χ1) is 14.1. The van der Waals surface area contributed by atoms with Gasteiger partial charge in [-0.1, -0.05) is 12.1 Å². The highest BCUT2D eigenvalue weighted by Crippen LogP contribution is 2.26. The third kappa shape index (κ3) is 6.51. The number of methoxy groups -OCH3 is 1. The lowest BCUT2D eigenvalue weighted by Gasteiger charge is -2.18. The molecule has 1 aliphatic heterocycles. The molecule has 0 saturated heterocycles. The normalized spacial score (nSPS) is 12.9. The molecule has 2 aromatic rings. The van der Waals surface area contributed by atoms with Gasteiger partial charge in [-0.3, -0.25) is 9.79 Å². The average molecular weight is 524 g/mol. The van der Waals surface area contributed by atoms with Crippen molar-refractivity contribution in [1.82, 2.24) is 10.6 Å². The van der Waals surface area contributed by atoms with Gasteiger partial charge in [0.15, 0.2) is 5.96 Å². The smallest absolute Gasteiger partial charge is 0.224 e. The number of carbonyl (C=O) groups is 1. The molecular weight excluding hydrogens is 495 g/mol. The lowest BCUT2D eigenvalue weighted by Crippen LogP contribution is -2.38. The maximum absolute atomic E-state index is 11.4. The van der Waals surface area contributed by atoms with E-state index in [1.807, 2.05) is 31.2 Å². The predicted molar refractivity (Wildman–Crippen MR) is 130 cm³/mol. The maximum Gasteiger partial charge on any atom is 0.224 e. The van der Waals surface area contributed by atoms with E-state index in [0.29, 0.717) is 32.1 Å². The van der Waals surface area contributed by atoms with E-state index in [1.165, 1.54) is 0 Å². The Kier molecular flexibility index (Phi) is 9.22. The van der Waals surface area contributed by atoms with Gasteiger partial charge in [0.25, 0.3) is 0 Å². The molecule has 8 heteroatoms. The molecule has 30 heavy (non-hydrogen) atoms. The second-order valence-corrected chi connectivity index (χ2v) is 6.88. The molecule has 3 N–H and O–H groups in total. The summed E-state index contributed by atoms with van der Waals surface area (Å²) in [4.78, 5) is 15.7. The summed E-state index contributed by atoms with van der Waals surface area (Å²) in [6.45, 7) is 3.76. The minimum absolute atomic E-state index is 0. The average Bonchev–Trinajstić information content (AvgIpc) is 2.73. The number of carbonyl (C=O) groups excluding carboxylic acids is 1. The number of guanidine groups is 1. The largest absolute Gasteiger partial charge is 0.496 e. The number of hydrogen-bond acceptors (Lipinski definition) is 4. The summed E-state index contributed by atoms with van der Waals surface area (Å²) in [5.74, 6) is 2.43. The summed E-state index contributed by atoms with van der Waals surface area (Å²) in [6.07, 6.45) is 1.27. The van der Waals surface area contributed by atoms with Crippen molar-refractivity contribution in [2.75, 3.05) is 32.6 Å². The fourth-order valence-corrected chi connectivity index (χ4v) is 3.19. The van der Waals surface area contributed by atoms with Gasteiger partial charge in [-0.2, -0.15) is 0 Å². The molecule has 0 aliphatic carbocycles. The summed E-state index contributed by atoms with van der Waals surface area (Å²) in [5.41, 5.74) is 4.22. The van der Waals surface area contributed by atoms with Crippen molar-refractivity contribution in [2.45, 2.75) is 26.3 Å². The fourth-order valence-electron chi connectivity index (χ4n) is 3.19. The molecule has 0 atom stereocenters. The van der Waals surface area contributed by atoms with Crippen LogP contribution in [0.3, 0.4) is 0 Å². The van der Waals surface area contributed by atoms with E-state index in [0.717, 1.165) is 40.3 Å². The first-order valence-corrected chi connectivity index (χ1v) is 9.72. The molecule has 0 bridgehead atoms. The van der Waals surface area contributed by atoms with Crippen LogP contribution in [0.5, 0.6) is 11.5 Å². The molecule has 0 radical (unpaired) electrons. The van der Waals surface area contributed by atoms with Crippen molar-refractivity contribution in [2.24, 2.45) is 4.99 Å². The number of benzene rings is 2. The van der Waals surface area contributed by atoms with E-state index in [2.05, 4.69) is 33.1 Å². The molecule has 0 aromatic heterocycles. The van der Waals surface area contributed by atoms with Gasteiger partial charge in [0.1, 0.15) is 18.1 Å². The minimum atomic E-state index is 0. The van der Waals surface area contributed by atoms with E-state index in [1.54, 1.807) is 14.2 Å². The molecule has 1 heterocycles. The molecule has 7 nitrogen and oxygen atoms in total. The van der Waals surface area contributed by atoms with E-state index in [9.17, 15) is 4.79 Å². The highest BCUT2D eigenvalue weighted by Gasteiger charge is 2.15. The van der Waals surface area contributed by atoms with Crippen molar-refractivity contribution in [3.8, 4) is 11.5 Å². The topological polar surface area (TPSA) is 84.0 Å². The third-order valence-electron chi connectivity index (χ3n) is 4.75. The first kappa shape index (κ1) is 23.8. The number of ether oxygens (including phenoxy) is 2. The van der Waals surface area contributed by atoms with Gasteiger partial charge < -0.3 is 25.4 Å². The Labute approximate surface area is 194 Å². The van der Waals surface area contributed by atoms with Crippen LogP contribution in [0.2, 0.25) is 0 Å². The zero-order chi connectivity index (χ0) is 20.6. The lowest BCUT2D eigenvalue weighted by atomic mass is 10.0. The molecule has 3 rings (SSSR count). The number of rotatable bonds is 7. The Morgan fingerprint density at radius 2 is 2.00 bits per heavy atom. The van der Waals surface area contributed by atoms with Gasteiger partial charge in [0, 0.05) is 31.3 Å². The number of nitrogens with one attached hydrogen (secondary N) is 3. The van der Waals surface area contributed by atoms with Gasteiger partial charge in [0.05, 0.1) is 13.7 Å². The number of aryl methyl sites for hydroxylation is 2. The van der Waals surface area contributed by atoms with Crippen LogP contribution in [0.1, 0.15) is 23.1 Å². The van der Waals surface area contributed by atoms with E-state index in [-0.39, 0.29) is 29.9 Å². The Morgan fingerprint density at radius 3 is 2.77 bits per heavy atom. The molecular formula is C22H29IN4O3. The SMILES string of the molecule is CN=C(NCCOc1ccc2c(c1)CCC(=O)N2)NCc1ccc(C)cc1OC.I. The number of halogens is 1. The van der Waals surface area contributed by atoms with Crippen molar-refractivity contribution in [3.05, 3.63) is 53.1 Å². The van der Waals surface area contributed by atoms with Gasteiger partial charge >= 0.3 is 0 Å². The Balaban J connectivity index is 0.00000320. The van der Waals surface area contributed by atoms with Crippen LogP contribution in [0.4, 0.5) is 5.69 Å². The van der Waals surface area contributed by atoms with Crippen LogP contribution < -0.4 is 25.4 Å². The van der Waals surface area contributed by atoms with Gasteiger partial charge in [0.2, 0.25) is 5.91 Å². The van der Waals surface area contributed by atoms with Crippen molar-refractivity contribution in [3.63, 3.8) is 0 Å². The molecule has 0 fully saturated rings. The van der Waals surface area contributed by atoms with Crippen molar-refractivity contribution in [1.29, 1.82) is 0 Å². The maximum atomic E-state index is 11.4. The minimum Gasteiger partial charge on any atom is -0.496 e. The standard InChI is InChI=1S/C22H28N4O3.HI/c1-15-4-5-17(20(12-15)28-3)14-25-22(23-2)24-10-11-29-18-7-8-19-16(13-18)6-9-21(27)26-19;/h4-5,7-8,12-13H,6,9-11,14H2,1-3H3,(H,26,27)(H2,23,24,25);1H. The van der Waals surface area contributed by atoms with Crippen LogP contribution in [0.25, 0.3) is 0 Å². The molecule has 0 saturated carbocycles. The van der Waals surface area contributed by atoms with Crippen molar-refractivity contribution >= 4 is 41.5 Å². The lowest BCUT2D eigenvalue weighted by molar-refractivity contribution is -0.116. The summed E-state index contributed by atoms with van der Waals surface area (Å²) in [5, 5.41) is 9.41. The van der Waals surface area contributed by atoms with Crippen LogP contribution in [0.15, 0.2) is 41.4 Å². The zero-order valence-corrected chi connectivity index (χ0v) is 19.9. The molecule has 1 amide bonds. The molecule has 162 valence electrons. The zero-order valence-electron chi connectivity index (χ0n) is 17.6. The Bertz CT molecular complexity index is 902. The quantitative estimate of drug-likeness (QED) is 0.224. The fraction of sp³-hybridized carbons (Fsp3) is 0.364. The number of hydrogen-bond donors (Lipinski definition) is 3. The highest BCUT2D eigenvalue weighted by molar-refractivity contribution is 14.0.